The Kier molecular flexibility index (Phi) is 4.00. The van der Waals surface area contributed by atoms with Crippen molar-refractivity contribution in [3.05, 3.63) is 65.2 Å². The SMILES string of the molecule is CCOc1ccccc1C(N)c1cccc(C)c1. The van der Waals surface area contributed by atoms with Crippen LogP contribution in [-0.2, 0) is 0 Å². The van der Waals surface area contributed by atoms with Crippen LogP contribution in [0.25, 0.3) is 0 Å². The Balaban J connectivity index is 2.36. The normalized spacial score (nSPS) is 12.2. The standard InChI is InChI=1S/C16H19NO/c1-3-18-15-10-5-4-9-14(15)16(17)13-8-6-7-12(2)11-13/h4-11,16H,3,17H2,1-2H3. The highest BCUT2D eigenvalue weighted by atomic mass is 16.5. The third-order valence-corrected chi connectivity index (χ3v) is 2.96. The van der Waals surface area contributed by atoms with E-state index in [1.54, 1.807) is 0 Å². The van der Waals surface area contributed by atoms with Gasteiger partial charge in [-0.05, 0) is 25.5 Å². The Hall–Kier alpha value is -1.80. The van der Waals surface area contributed by atoms with Gasteiger partial charge in [-0.25, -0.2) is 0 Å². The lowest BCUT2D eigenvalue weighted by Crippen LogP contribution is -2.13. The van der Waals surface area contributed by atoms with Crippen molar-refractivity contribution < 1.29 is 4.74 Å². The van der Waals surface area contributed by atoms with Crippen LogP contribution in [0, 0.1) is 6.92 Å². The lowest BCUT2D eigenvalue weighted by Gasteiger charge is -2.17. The first-order valence-electron chi connectivity index (χ1n) is 6.26. The van der Waals surface area contributed by atoms with Crippen molar-refractivity contribution in [3.8, 4) is 5.75 Å². The van der Waals surface area contributed by atoms with Gasteiger partial charge in [0.15, 0.2) is 0 Å². The van der Waals surface area contributed by atoms with Crippen LogP contribution in [0.1, 0.15) is 29.7 Å². The molecule has 94 valence electrons. The average molecular weight is 241 g/mol. The van der Waals surface area contributed by atoms with Crippen LogP contribution in [0.2, 0.25) is 0 Å². The molecule has 1 atom stereocenters. The maximum Gasteiger partial charge on any atom is 0.124 e. The molecule has 2 heteroatoms. The van der Waals surface area contributed by atoms with E-state index in [0.717, 1.165) is 16.9 Å². The van der Waals surface area contributed by atoms with Crippen LogP contribution in [0.5, 0.6) is 5.75 Å². The smallest absolute Gasteiger partial charge is 0.124 e. The van der Waals surface area contributed by atoms with E-state index in [1.165, 1.54) is 5.56 Å². The number of rotatable bonds is 4. The molecule has 0 amide bonds. The molecule has 2 N–H and O–H groups in total. The Morgan fingerprint density at radius 2 is 1.89 bits per heavy atom. The van der Waals surface area contributed by atoms with Crippen LogP contribution in [-0.4, -0.2) is 6.61 Å². The molecule has 0 fully saturated rings. The zero-order valence-corrected chi connectivity index (χ0v) is 10.9. The zero-order valence-electron chi connectivity index (χ0n) is 10.9. The van der Waals surface area contributed by atoms with E-state index < -0.39 is 0 Å². The van der Waals surface area contributed by atoms with Crippen LogP contribution in [0.3, 0.4) is 0 Å². The summed E-state index contributed by atoms with van der Waals surface area (Å²) in [4.78, 5) is 0. The highest BCUT2D eigenvalue weighted by Gasteiger charge is 2.13. The van der Waals surface area contributed by atoms with Gasteiger partial charge in [-0.3, -0.25) is 0 Å². The highest BCUT2D eigenvalue weighted by Crippen LogP contribution is 2.28. The van der Waals surface area contributed by atoms with Crippen LogP contribution >= 0.6 is 0 Å². The van der Waals surface area contributed by atoms with Crippen molar-refractivity contribution in [1.29, 1.82) is 0 Å². The minimum atomic E-state index is -0.146. The quantitative estimate of drug-likeness (QED) is 0.890. The topological polar surface area (TPSA) is 35.2 Å². The number of benzene rings is 2. The Labute approximate surface area is 108 Å². The van der Waals surface area contributed by atoms with Crippen molar-refractivity contribution in [3.63, 3.8) is 0 Å². The fraction of sp³-hybridized carbons (Fsp3) is 0.250. The van der Waals surface area contributed by atoms with Crippen LogP contribution in [0.4, 0.5) is 0 Å². The summed E-state index contributed by atoms with van der Waals surface area (Å²) in [5, 5.41) is 0. The van der Waals surface area contributed by atoms with E-state index in [4.69, 9.17) is 10.5 Å². The number of hydrogen-bond donors (Lipinski definition) is 1. The van der Waals surface area contributed by atoms with E-state index in [0.29, 0.717) is 6.61 Å². The number of para-hydroxylation sites is 1. The summed E-state index contributed by atoms with van der Waals surface area (Å²) < 4.78 is 5.63. The van der Waals surface area contributed by atoms with Crippen molar-refractivity contribution in [2.75, 3.05) is 6.61 Å². The molecule has 0 radical (unpaired) electrons. The third-order valence-electron chi connectivity index (χ3n) is 2.96. The van der Waals surface area contributed by atoms with Gasteiger partial charge in [0.25, 0.3) is 0 Å². The van der Waals surface area contributed by atoms with Gasteiger partial charge in [-0.2, -0.15) is 0 Å². The fourth-order valence-electron chi connectivity index (χ4n) is 2.07. The molecule has 0 saturated heterocycles. The number of hydrogen-bond acceptors (Lipinski definition) is 2. The van der Waals surface area contributed by atoms with E-state index in [9.17, 15) is 0 Å². The van der Waals surface area contributed by atoms with E-state index >= 15 is 0 Å². The van der Waals surface area contributed by atoms with Gasteiger partial charge in [-0.15, -0.1) is 0 Å². The summed E-state index contributed by atoms with van der Waals surface area (Å²) in [7, 11) is 0. The predicted octanol–water partition coefficient (Wildman–Crippen LogP) is 3.44. The molecule has 0 bridgehead atoms. The van der Waals surface area contributed by atoms with Gasteiger partial charge in [0.05, 0.1) is 12.6 Å². The maximum absolute atomic E-state index is 6.34. The van der Waals surface area contributed by atoms with Crippen molar-refractivity contribution in [2.45, 2.75) is 19.9 Å². The first kappa shape index (κ1) is 12.7. The Bertz CT molecular complexity index is 522. The largest absolute Gasteiger partial charge is 0.494 e. The van der Waals surface area contributed by atoms with Gasteiger partial charge in [-0.1, -0.05) is 48.0 Å². The third kappa shape index (κ3) is 2.71. The molecule has 0 heterocycles. The second-order valence-electron chi connectivity index (χ2n) is 4.36. The molecular weight excluding hydrogens is 222 g/mol. The first-order chi connectivity index (χ1) is 8.72. The molecule has 2 aromatic rings. The summed E-state index contributed by atoms with van der Waals surface area (Å²) in [6.07, 6.45) is 0. The second kappa shape index (κ2) is 5.69. The molecule has 18 heavy (non-hydrogen) atoms. The summed E-state index contributed by atoms with van der Waals surface area (Å²) in [6, 6.07) is 16.1. The molecule has 0 aliphatic heterocycles. The lowest BCUT2D eigenvalue weighted by molar-refractivity contribution is 0.335. The van der Waals surface area contributed by atoms with Gasteiger partial charge in [0.1, 0.15) is 5.75 Å². The van der Waals surface area contributed by atoms with Gasteiger partial charge in [0.2, 0.25) is 0 Å². The molecule has 0 saturated carbocycles. The summed E-state index contributed by atoms with van der Waals surface area (Å²) in [5.41, 5.74) is 9.70. The molecule has 0 aliphatic rings. The van der Waals surface area contributed by atoms with Gasteiger partial charge >= 0.3 is 0 Å². The molecule has 2 rings (SSSR count). The molecule has 0 aromatic heterocycles. The number of ether oxygens (including phenoxy) is 1. The zero-order chi connectivity index (χ0) is 13.0. The predicted molar refractivity (Wildman–Crippen MR) is 74.8 cm³/mol. The number of nitrogens with two attached hydrogens (primary N) is 1. The molecule has 2 aromatic carbocycles. The van der Waals surface area contributed by atoms with Crippen molar-refractivity contribution in [1.82, 2.24) is 0 Å². The average Bonchev–Trinajstić information content (AvgIpc) is 2.39. The fourth-order valence-corrected chi connectivity index (χ4v) is 2.07. The maximum atomic E-state index is 6.34. The summed E-state index contributed by atoms with van der Waals surface area (Å²) in [6.45, 7) is 4.71. The monoisotopic (exact) mass is 241 g/mol. The minimum absolute atomic E-state index is 0.146. The van der Waals surface area contributed by atoms with Gasteiger partial charge in [0, 0.05) is 5.56 Å². The molecule has 0 spiro atoms. The Morgan fingerprint density at radius 1 is 1.11 bits per heavy atom. The first-order valence-corrected chi connectivity index (χ1v) is 6.26. The van der Waals surface area contributed by atoms with Gasteiger partial charge < -0.3 is 10.5 Å². The molecule has 2 nitrogen and oxygen atoms in total. The Morgan fingerprint density at radius 3 is 2.61 bits per heavy atom. The van der Waals surface area contributed by atoms with Crippen molar-refractivity contribution >= 4 is 0 Å². The van der Waals surface area contributed by atoms with E-state index in [1.807, 2.05) is 37.3 Å². The van der Waals surface area contributed by atoms with E-state index in [2.05, 4.69) is 25.1 Å². The van der Waals surface area contributed by atoms with Crippen LogP contribution in [0.15, 0.2) is 48.5 Å². The molecular formula is C16H19NO. The van der Waals surface area contributed by atoms with E-state index in [-0.39, 0.29) is 6.04 Å². The highest BCUT2D eigenvalue weighted by molar-refractivity contribution is 5.41. The molecule has 1 unspecified atom stereocenters. The minimum Gasteiger partial charge on any atom is -0.494 e. The summed E-state index contributed by atoms with van der Waals surface area (Å²) in [5.74, 6) is 0.869. The van der Waals surface area contributed by atoms with Crippen molar-refractivity contribution in [2.24, 2.45) is 5.73 Å². The lowest BCUT2D eigenvalue weighted by atomic mass is 9.97. The van der Waals surface area contributed by atoms with Crippen LogP contribution < -0.4 is 10.5 Å². The second-order valence-corrected chi connectivity index (χ2v) is 4.36. The summed E-state index contributed by atoms with van der Waals surface area (Å²) >= 11 is 0. The number of aryl methyl sites for hydroxylation is 1. The molecule has 0 aliphatic carbocycles.